The smallest absolute Gasteiger partial charge is 0.230 e. The second kappa shape index (κ2) is 8.57. The number of sulfonamides is 1. The minimum absolute atomic E-state index is 0.0651. The molecule has 6 nitrogen and oxygen atoms in total. The molecular formula is C22H23N3O3S2. The molecule has 0 aliphatic heterocycles. The molecule has 0 spiro atoms. The van der Waals surface area contributed by atoms with Gasteiger partial charge >= 0.3 is 0 Å². The third-order valence-corrected chi connectivity index (χ3v) is 6.75. The van der Waals surface area contributed by atoms with Gasteiger partial charge in [-0.1, -0.05) is 48.5 Å². The zero-order chi connectivity index (χ0) is 21.1. The number of aromatic nitrogens is 1. The van der Waals surface area contributed by atoms with E-state index in [1.54, 1.807) is 24.3 Å². The van der Waals surface area contributed by atoms with Gasteiger partial charge in [-0.2, -0.15) is 0 Å². The molecule has 0 fully saturated rings. The number of carbonyl (C=O) groups is 1. The zero-order valence-corrected chi connectivity index (χ0v) is 18.2. The van der Waals surface area contributed by atoms with Crippen LogP contribution in [0.25, 0.3) is 0 Å². The Labute approximate surface area is 180 Å². The van der Waals surface area contributed by atoms with E-state index in [1.807, 2.05) is 6.07 Å². The van der Waals surface area contributed by atoms with Crippen LogP contribution in [0.15, 0.2) is 54.6 Å². The minimum Gasteiger partial charge on any atom is -0.302 e. The van der Waals surface area contributed by atoms with Gasteiger partial charge in [0, 0.05) is 4.88 Å². The molecule has 8 heteroatoms. The average Bonchev–Trinajstić information content (AvgIpc) is 3.10. The Morgan fingerprint density at radius 1 is 1.13 bits per heavy atom. The molecule has 4 rings (SSSR count). The lowest BCUT2D eigenvalue weighted by Crippen LogP contribution is -2.17. The molecule has 1 unspecified atom stereocenters. The summed E-state index contributed by atoms with van der Waals surface area (Å²) in [5, 5.41) is 3.49. The molecule has 0 saturated carbocycles. The summed E-state index contributed by atoms with van der Waals surface area (Å²) >= 11 is 1.53. The summed E-state index contributed by atoms with van der Waals surface area (Å²) in [6, 6.07) is 17.4. The fourth-order valence-corrected chi connectivity index (χ4v) is 5.45. The molecule has 2 aromatic carbocycles. The van der Waals surface area contributed by atoms with Crippen molar-refractivity contribution in [1.82, 2.24) is 4.98 Å². The molecule has 0 saturated heterocycles. The Morgan fingerprint density at radius 2 is 1.87 bits per heavy atom. The lowest BCUT2D eigenvalue weighted by Gasteiger charge is -2.21. The highest BCUT2D eigenvalue weighted by molar-refractivity contribution is 7.92. The summed E-state index contributed by atoms with van der Waals surface area (Å²) in [5.41, 5.74) is 3.45. The highest BCUT2D eigenvalue weighted by Crippen LogP contribution is 2.37. The fraction of sp³-hybridized carbons (Fsp3) is 0.273. The Hall–Kier alpha value is -2.71. The van der Waals surface area contributed by atoms with Gasteiger partial charge in [-0.15, -0.1) is 11.3 Å². The van der Waals surface area contributed by atoms with E-state index in [0.717, 1.165) is 31.2 Å². The number of aryl methyl sites for hydroxylation is 1. The Kier molecular flexibility index (Phi) is 5.87. The fourth-order valence-electron chi connectivity index (χ4n) is 3.75. The number of carbonyl (C=O) groups excluding carboxylic acids is 1. The van der Waals surface area contributed by atoms with Crippen LogP contribution in [0.3, 0.4) is 0 Å². The van der Waals surface area contributed by atoms with Gasteiger partial charge in [-0.05, 0) is 42.4 Å². The van der Waals surface area contributed by atoms with Crippen LogP contribution in [0.1, 0.15) is 34.0 Å². The van der Waals surface area contributed by atoms with Crippen molar-refractivity contribution < 1.29 is 13.2 Å². The number of hydrogen-bond donors (Lipinski definition) is 2. The lowest BCUT2D eigenvalue weighted by atomic mass is 9.85. The normalized spacial score (nSPS) is 16.0. The number of anilines is 2. The summed E-state index contributed by atoms with van der Waals surface area (Å²) in [4.78, 5) is 18.4. The highest BCUT2D eigenvalue weighted by atomic mass is 32.2. The van der Waals surface area contributed by atoms with Crippen LogP contribution >= 0.6 is 11.3 Å². The number of nitrogens with zero attached hydrogens (tertiary/aromatic N) is 1. The molecule has 1 aliphatic carbocycles. The second-order valence-corrected chi connectivity index (χ2v) is 10.3. The maximum absolute atomic E-state index is 12.6. The zero-order valence-electron chi connectivity index (χ0n) is 16.6. The summed E-state index contributed by atoms with van der Waals surface area (Å²) in [6.45, 7) is 0. The molecular weight excluding hydrogens is 418 g/mol. The van der Waals surface area contributed by atoms with Crippen LogP contribution in [0.2, 0.25) is 0 Å². The van der Waals surface area contributed by atoms with Crippen LogP contribution in [0.4, 0.5) is 10.8 Å². The Morgan fingerprint density at radius 3 is 2.63 bits per heavy atom. The van der Waals surface area contributed by atoms with Gasteiger partial charge in [0.05, 0.1) is 24.1 Å². The first-order valence-electron chi connectivity index (χ1n) is 9.76. The second-order valence-electron chi connectivity index (χ2n) is 7.50. The monoisotopic (exact) mass is 441 g/mol. The van der Waals surface area contributed by atoms with E-state index in [-0.39, 0.29) is 12.3 Å². The molecule has 156 valence electrons. The van der Waals surface area contributed by atoms with Crippen molar-refractivity contribution >= 4 is 38.1 Å². The van der Waals surface area contributed by atoms with E-state index in [1.165, 1.54) is 21.8 Å². The van der Waals surface area contributed by atoms with E-state index in [2.05, 4.69) is 39.3 Å². The summed E-state index contributed by atoms with van der Waals surface area (Å²) in [7, 11) is -3.42. The third-order valence-electron chi connectivity index (χ3n) is 5.12. The van der Waals surface area contributed by atoms with Crippen molar-refractivity contribution in [3.63, 3.8) is 0 Å². The van der Waals surface area contributed by atoms with Crippen molar-refractivity contribution in [1.29, 1.82) is 0 Å². The number of thiazole rings is 1. The topological polar surface area (TPSA) is 88.2 Å². The first-order chi connectivity index (χ1) is 14.4. The van der Waals surface area contributed by atoms with Crippen LogP contribution in [-0.4, -0.2) is 25.6 Å². The predicted molar refractivity (Wildman–Crippen MR) is 121 cm³/mol. The summed E-state index contributed by atoms with van der Waals surface area (Å²) in [6.07, 6.45) is 4.05. The number of fused-ring (bicyclic) bond motifs is 1. The Bertz CT molecular complexity index is 1160. The van der Waals surface area contributed by atoms with Gasteiger partial charge in [-0.3, -0.25) is 9.52 Å². The number of nitrogens with one attached hydrogen (secondary N) is 2. The van der Waals surface area contributed by atoms with Gasteiger partial charge in [0.25, 0.3) is 0 Å². The van der Waals surface area contributed by atoms with Gasteiger partial charge in [0.2, 0.25) is 15.9 Å². The standard InChI is InChI=1S/C22H23N3O3S2/c1-30(27,28)25-18-10-6-5-9-17(18)14-21(26)24-22-23-19-12-11-16(13-20(19)29-22)15-7-3-2-4-8-15/h2-10,16,25H,11-14H2,1H3,(H,23,24,26). The first kappa shape index (κ1) is 20.6. The summed E-state index contributed by atoms with van der Waals surface area (Å²) in [5.74, 6) is 0.264. The molecule has 3 aromatic rings. The van der Waals surface area contributed by atoms with E-state index < -0.39 is 10.0 Å². The van der Waals surface area contributed by atoms with Gasteiger partial charge < -0.3 is 5.32 Å². The van der Waals surface area contributed by atoms with Crippen molar-refractivity contribution in [2.75, 3.05) is 16.3 Å². The largest absolute Gasteiger partial charge is 0.302 e. The molecule has 1 amide bonds. The van der Waals surface area contributed by atoms with Crippen LogP contribution in [0.5, 0.6) is 0 Å². The highest BCUT2D eigenvalue weighted by Gasteiger charge is 2.24. The third kappa shape index (κ3) is 5.06. The Balaban J connectivity index is 1.43. The molecule has 2 N–H and O–H groups in total. The predicted octanol–water partition coefficient (Wildman–Crippen LogP) is 3.97. The van der Waals surface area contributed by atoms with Crippen molar-refractivity contribution in [3.05, 3.63) is 76.3 Å². The first-order valence-corrected chi connectivity index (χ1v) is 12.5. The van der Waals surface area contributed by atoms with Gasteiger partial charge in [-0.25, -0.2) is 13.4 Å². The van der Waals surface area contributed by atoms with E-state index >= 15 is 0 Å². The minimum atomic E-state index is -3.42. The van der Waals surface area contributed by atoms with Gasteiger partial charge in [0.1, 0.15) is 0 Å². The SMILES string of the molecule is CS(=O)(=O)Nc1ccccc1CC(=O)Nc1nc2c(s1)CC(c1ccccc1)CC2. The molecule has 0 bridgehead atoms. The van der Waals surface area contributed by atoms with Crippen molar-refractivity contribution in [2.45, 2.75) is 31.6 Å². The van der Waals surface area contributed by atoms with E-state index in [9.17, 15) is 13.2 Å². The molecule has 1 atom stereocenters. The molecule has 1 aliphatic rings. The van der Waals surface area contributed by atoms with Crippen molar-refractivity contribution in [3.8, 4) is 0 Å². The lowest BCUT2D eigenvalue weighted by molar-refractivity contribution is -0.115. The maximum Gasteiger partial charge on any atom is 0.230 e. The van der Waals surface area contributed by atoms with Crippen LogP contribution < -0.4 is 10.0 Å². The molecule has 30 heavy (non-hydrogen) atoms. The maximum atomic E-state index is 12.6. The van der Waals surface area contributed by atoms with E-state index in [4.69, 9.17) is 0 Å². The number of amides is 1. The van der Waals surface area contributed by atoms with Gasteiger partial charge in [0.15, 0.2) is 5.13 Å². The van der Waals surface area contributed by atoms with Crippen LogP contribution in [-0.2, 0) is 34.1 Å². The molecule has 0 radical (unpaired) electrons. The number of para-hydroxylation sites is 1. The quantitative estimate of drug-likeness (QED) is 0.606. The van der Waals surface area contributed by atoms with Crippen LogP contribution in [0, 0.1) is 0 Å². The number of hydrogen-bond acceptors (Lipinski definition) is 5. The average molecular weight is 442 g/mol. The number of benzene rings is 2. The molecule has 1 heterocycles. The summed E-state index contributed by atoms with van der Waals surface area (Å²) < 4.78 is 25.6. The van der Waals surface area contributed by atoms with Crippen molar-refractivity contribution in [2.24, 2.45) is 0 Å². The molecule has 1 aromatic heterocycles. The number of rotatable bonds is 6. The van der Waals surface area contributed by atoms with E-state index in [0.29, 0.717) is 22.3 Å².